The molecule has 0 radical (unpaired) electrons. The van der Waals surface area contributed by atoms with Gasteiger partial charge < -0.3 is 19.6 Å². The maximum Gasteiger partial charge on any atom is 0.119 e. The Morgan fingerprint density at radius 2 is 0.842 bits per heavy atom. The lowest BCUT2D eigenvalue weighted by Gasteiger charge is -2.13. The van der Waals surface area contributed by atoms with Crippen LogP contribution in [0.5, 0.6) is 11.5 Å². The Labute approximate surface area is 235 Å². The van der Waals surface area contributed by atoms with E-state index >= 15 is 0 Å². The van der Waals surface area contributed by atoms with Crippen molar-refractivity contribution >= 4 is 11.4 Å². The summed E-state index contributed by atoms with van der Waals surface area (Å²) in [7, 11) is 8.05. The van der Waals surface area contributed by atoms with Crippen LogP contribution >= 0.6 is 0 Å². The summed E-state index contributed by atoms with van der Waals surface area (Å²) in [5.41, 5.74) is 2.31. The van der Waals surface area contributed by atoms with E-state index in [1.165, 1.54) is 108 Å². The molecular weight excluding hydrogens is 468 g/mol. The van der Waals surface area contributed by atoms with Gasteiger partial charge in [0.15, 0.2) is 0 Å². The zero-order chi connectivity index (χ0) is 27.8. The number of anilines is 2. The van der Waals surface area contributed by atoms with Gasteiger partial charge in [-0.1, -0.05) is 103 Å². The van der Waals surface area contributed by atoms with E-state index < -0.39 is 0 Å². The number of ether oxygens (including phenoxy) is 1. The van der Waals surface area contributed by atoms with Gasteiger partial charge in [0.25, 0.3) is 0 Å². The summed E-state index contributed by atoms with van der Waals surface area (Å²) < 4.78 is 5.84. The minimum Gasteiger partial charge on any atom is -0.508 e. The summed E-state index contributed by atoms with van der Waals surface area (Å²) in [5.74, 6) is 1.30. The fraction of sp³-hybridized carbons (Fsp3) is 0.647. The van der Waals surface area contributed by atoms with E-state index in [0.29, 0.717) is 5.75 Å². The van der Waals surface area contributed by atoms with E-state index in [1.54, 1.807) is 12.1 Å². The molecule has 0 fully saturated rings. The molecule has 0 unspecified atom stereocenters. The first-order valence-corrected chi connectivity index (χ1v) is 15.3. The van der Waals surface area contributed by atoms with Crippen molar-refractivity contribution in [1.82, 2.24) is 0 Å². The highest BCUT2D eigenvalue weighted by molar-refractivity contribution is 5.48. The van der Waals surface area contributed by atoms with Gasteiger partial charge in [0.1, 0.15) is 11.5 Å². The number of unbranched alkanes of at least 4 members (excludes halogenated alkanes) is 15. The van der Waals surface area contributed by atoms with E-state index in [1.807, 2.05) is 31.1 Å². The quantitative estimate of drug-likeness (QED) is 0.174. The smallest absolute Gasteiger partial charge is 0.119 e. The largest absolute Gasteiger partial charge is 0.508 e. The number of hydrogen-bond donors (Lipinski definition) is 1. The van der Waals surface area contributed by atoms with Crippen LogP contribution < -0.4 is 14.5 Å². The lowest BCUT2D eigenvalue weighted by atomic mass is 10.0. The molecule has 0 aliphatic carbocycles. The van der Waals surface area contributed by atoms with E-state index in [0.717, 1.165) is 18.0 Å². The Kier molecular flexibility index (Phi) is 20.0. The molecule has 4 nitrogen and oxygen atoms in total. The second-order valence-corrected chi connectivity index (χ2v) is 11.0. The van der Waals surface area contributed by atoms with Crippen LogP contribution in [0.2, 0.25) is 0 Å². The maximum atomic E-state index is 8.92. The molecular formula is C34H58N2O2. The first-order chi connectivity index (χ1) is 18.4. The van der Waals surface area contributed by atoms with Gasteiger partial charge in [-0.05, 0) is 55.0 Å². The third-order valence-corrected chi connectivity index (χ3v) is 6.99. The molecule has 216 valence electrons. The van der Waals surface area contributed by atoms with Crippen LogP contribution in [0, 0.1) is 0 Å². The zero-order valence-electron chi connectivity index (χ0n) is 25.4. The Hall–Kier alpha value is -2.36. The second-order valence-electron chi connectivity index (χ2n) is 11.0. The average Bonchev–Trinajstić information content (AvgIpc) is 2.91. The van der Waals surface area contributed by atoms with Gasteiger partial charge >= 0.3 is 0 Å². The van der Waals surface area contributed by atoms with Gasteiger partial charge in [0.2, 0.25) is 0 Å². The van der Waals surface area contributed by atoms with Crippen LogP contribution in [0.25, 0.3) is 0 Å². The van der Waals surface area contributed by atoms with Crippen molar-refractivity contribution in [2.75, 3.05) is 44.6 Å². The predicted octanol–water partition coefficient (Wildman–Crippen LogP) is 9.85. The van der Waals surface area contributed by atoms with Gasteiger partial charge in [0.05, 0.1) is 6.61 Å². The van der Waals surface area contributed by atoms with Crippen LogP contribution in [0.3, 0.4) is 0 Å². The van der Waals surface area contributed by atoms with E-state index in [4.69, 9.17) is 9.84 Å². The highest BCUT2D eigenvalue weighted by atomic mass is 16.5. The normalized spacial score (nSPS) is 10.6. The molecule has 0 aliphatic heterocycles. The molecule has 0 aromatic heterocycles. The van der Waals surface area contributed by atoms with Crippen LogP contribution in [0.1, 0.15) is 110 Å². The lowest BCUT2D eigenvalue weighted by Crippen LogP contribution is -2.08. The number of phenolic OH excluding ortho intramolecular Hbond substituents is 1. The van der Waals surface area contributed by atoms with Gasteiger partial charge in [-0.3, -0.25) is 0 Å². The molecule has 0 atom stereocenters. The summed E-state index contributed by atoms with van der Waals surface area (Å²) >= 11 is 0. The Morgan fingerprint density at radius 1 is 0.500 bits per heavy atom. The van der Waals surface area contributed by atoms with E-state index in [-0.39, 0.29) is 0 Å². The zero-order valence-corrected chi connectivity index (χ0v) is 25.4. The van der Waals surface area contributed by atoms with Crippen molar-refractivity contribution in [3.63, 3.8) is 0 Å². The highest BCUT2D eigenvalue weighted by Gasteiger charge is 1.98. The minimum absolute atomic E-state index is 0.311. The summed E-state index contributed by atoms with van der Waals surface area (Å²) in [4.78, 5) is 4.10. The Morgan fingerprint density at radius 3 is 1.21 bits per heavy atom. The van der Waals surface area contributed by atoms with Crippen molar-refractivity contribution in [2.24, 2.45) is 0 Å². The van der Waals surface area contributed by atoms with Gasteiger partial charge in [-0.25, -0.2) is 0 Å². The van der Waals surface area contributed by atoms with Gasteiger partial charge in [-0.2, -0.15) is 0 Å². The fourth-order valence-electron chi connectivity index (χ4n) is 4.43. The van der Waals surface area contributed by atoms with Gasteiger partial charge in [-0.15, -0.1) is 0 Å². The molecule has 4 heteroatoms. The molecule has 2 rings (SSSR count). The highest BCUT2D eigenvalue weighted by Crippen LogP contribution is 2.18. The number of nitrogens with zero attached hydrogens (tertiary/aromatic N) is 2. The number of benzene rings is 2. The van der Waals surface area contributed by atoms with Gasteiger partial charge in [0, 0.05) is 39.6 Å². The lowest BCUT2D eigenvalue weighted by molar-refractivity contribution is 0.304. The van der Waals surface area contributed by atoms with Crippen molar-refractivity contribution < 1.29 is 9.84 Å². The summed E-state index contributed by atoms with van der Waals surface area (Å²) in [6, 6.07) is 15.5. The number of aromatic hydroxyl groups is 1. The molecule has 1 N–H and O–H groups in total. The standard InChI is InChI=1S/C26H47NO.C8H11NO/c1-4-5-6-7-8-9-10-11-12-13-14-15-16-17-18-19-24-28-26-22-20-25(21-23-26)27(2)3;1-9(2)7-3-5-8(10)6-4-7/h20-23H,4-19,24H2,1-3H3;3-6,10H,1-2H3. The third-order valence-electron chi connectivity index (χ3n) is 6.99. The van der Waals surface area contributed by atoms with Crippen molar-refractivity contribution in [3.8, 4) is 11.5 Å². The summed E-state index contributed by atoms with van der Waals surface area (Å²) in [5, 5.41) is 8.92. The molecule has 0 saturated carbocycles. The van der Waals surface area contributed by atoms with Crippen LogP contribution in [0.4, 0.5) is 11.4 Å². The van der Waals surface area contributed by atoms with Crippen molar-refractivity contribution in [1.29, 1.82) is 0 Å². The summed E-state index contributed by atoms with van der Waals surface area (Å²) in [6.45, 7) is 3.14. The van der Waals surface area contributed by atoms with E-state index in [2.05, 4.69) is 50.2 Å². The number of rotatable bonds is 20. The predicted molar refractivity (Wildman–Crippen MR) is 168 cm³/mol. The topological polar surface area (TPSA) is 35.9 Å². The van der Waals surface area contributed by atoms with Crippen LogP contribution in [0.15, 0.2) is 48.5 Å². The first-order valence-electron chi connectivity index (χ1n) is 15.3. The summed E-state index contributed by atoms with van der Waals surface area (Å²) in [6.07, 6.45) is 22.5. The molecule has 0 saturated heterocycles. The molecule has 2 aromatic carbocycles. The number of phenols is 1. The molecule has 38 heavy (non-hydrogen) atoms. The minimum atomic E-state index is 0.311. The average molecular weight is 527 g/mol. The van der Waals surface area contributed by atoms with Crippen LogP contribution in [-0.4, -0.2) is 39.9 Å². The third kappa shape index (κ3) is 18.0. The fourth-order valence-corrected chi connectivity index (χ4v) is 4.43. The van der Waals surface area contributed by atoms with Crippen LogP contribution in [-0.2, 0) is 0 Å². The van der Waals surface area contributed by atoms with E-state index in [9.17, 15) is 0 Å². The second kappa shape index (κ2) is 22.6. The first kappa shape index (κ1) is 33.7. The van der Waals surface area contributed by atoms with Crippen molar-refractivity contribution in [2.45, 2.75) is 110 Å². The molecule has 0 aliphatic rings. The number of hydrogen-bond acceptors (Lipinski definition) is 4. The molecule has 0 spiro atoms. The molecule has 2 aromatic rings. The Balaban J connectivity index is 0.000000600. The molecule has 0 amide bonds. The van der Waals surface area contributed by atoms with Crippen molar-refractivity contribution in [3.05, 3.63) is 48.5 Å². The maximum absolute atomic E-state index is 8.92. The SMILES string of the molecule is CCCCCCCCCCCCCCCCCCOc1ccc(N(C)C)cc1.CN(C)c1ccc(O)cc1. The monoisotopic (exact) mass is 526 g/mol. The molecule has 0 bridgehead atoms. The molecule has 0 heterocycles. The Bertz CT molecular complexity index is 772.